The van der Waals surface area contributed by atoms with E-state index in [1.807, 2.05) is 0 Å². The third-order valence-corrected chi connectivity index (χ3v) is 4.37. The lowest BCUT2D eigenvalue weighted by Crippen LogP contribution is -2.48. The maximum atomic E-state index is 14.0. The van der Waals surface area contributed by atoms with E-state index in [-0.39, 0.29) is 11.6 Å². The van der Waals surface area contributed by atoms with E-state index in [0.717, 1.165) is 12.8 Å². The SMILES string of the molecule is Cc1c(C(=O)N2CCCC[C@H]2C(=O)O)cnn1-c1ccccc1F. The van der Waals surface area contributed by atoms with Gasteiger partial charge in [0.2, 0.25) is 0 Å². The van der Waals surface area contributed by atoms with Gasteiger partial charge in [-0.3, -0.25) is 4.79 Å². The summed E-state index contributed by atoms with van der Waals surface area (Å²) in [5.41, 5.74) is 1.04. The van der Waals surface area contributed by atoms with Crippen molar-refractivity contribution < 1.29 is 19.1 Å². The molecule has 7 heteroatoms. The van der Waals surface area contributed by atoms with Crippen LogP contribution in [0.15, 0.2) is 30.5 Å². The number of aliphatic carboxylic acids is 1. The summed E-state index contributed by atoms with van der Waals surface area (Å²) in [4.78, 5) is 25.5. The monoisotopic (exact) mass is 331 g/mol. The fourth-order valence-corrected chi connectivity index (χ4v) is 3.07. The number of piperidine rings is 1. The average Bonchev–Trinajstić information content (AvgIpc) is 2.96. The van der Waals surface area contributed by atoms with Crippen LogP contribution in [0, 0.1) is 12.7 Å². The summed E-state index contributed by atoms with van der Waals surface area (Å²) in [5, 5.41) is 13.4. The molecule has 1 aliphatic heterocycles. The van der Waals surface area contributed by atoms with Gasteiger partial charge in [-0.15, -0.1) is 0 Å². The third kappa shape index (κ3) is 2.77. The predicted octanol–water partition coefficient (Wildman–Crippen LogP) is 2.40. The Kier molecular flexibility index (Phi) is 4.33. The van der Waals surface area contributed by atoms with E-state index < -0.39 is 17.8 Å². The Morgan fingerprint density at radius 2 is 2.04 bits per heavy atom. The summed E-state index contributed by atoms with van der Waals surface area (Å²) in [6, 6.07) is 5.34. The third-order valence-electron chi connectivity index (χ3n) is 4.37. The number of nitrogens with zero attached hydrogens (tertiary/aromatic N) is 3. The summed E-state index contributed by atoms with van der Waals surface area (Å²) < 4.78 is 15.3. The number of hydrogen-bond acceptors (Lipinski definition) is 3. The quantitative estimate of drug-likeness (QED) is 0.937. The molecule has 2 aromatic rings. The zero-order chi connectivity index (χ0) is 17.3. The Bertz CT molecular complexity index is 787. The Balaban J connectivity index is 1.94. The molecule has 3 rings (SSSR count). The van der Waals surface area contributed by atoms with Crippen LogP contribution in [0.25, 0.3) is 5.69 Å². The summed E-state index contributed by atoms with van der Waals surface area (Å²) in [5.74, 6) is -1.81. The van der Waals surface area contributed by atoms with Gasteiger partial charge in [0.15, 0.2) is 0 Å². The molecule has 0 aliphatic carbocycles. The van der Waals surface area contributed by atoms with Crippen molar-refractivity contribution in [1.82, 2.24) is 14.7 Å². The zero-order valence-electron chi connectivity index (χ0n) is 13.3. The second-order valence-electron chi connectivity index (χ2n) is 5.86. The highest BCUT2D eigenvalue weighted by molar-refractivity contribution is 5.97. The fraction of sp³-hybridized carbons (Fsp3) is 0.353. The molecule has 0 saturated carbocycles. The second-order valence-corrected chi connectivity index (χ2v) is 5.86. The van der Waals surface area contributed by atoms with Gasteiger partial charge in [0, 0.05) is 6.54 Å². The number of carbonyl (C=O) groups is 2. The number of amides is 1. The first-order valence-corrected chi connectivity index (χ1v) is 7.84. The molecular weight excluding hydrogens is 313 g/mol. The lowest BCUT2D eigenvalue weighted by molar-refractivity contribution is -0.143. The first-order chi connectivity index (χ1) is 11.5. The first kappa shape index (κ1) is 16.2. The van der Waals surface area contributed by atoms with Crippen molar-refractivity contribution in [3.8, 4) is 5.69 Å². The molecule has 1 amide bonds. The van der Waals surface area contributed by atoms with Crippen LogP contribution in [0.5, 0.6) is 0 Å². The molecule has 6 nitrogen and oxygen atoms in total. The molecule has 1 aromatic heterocycles. The minimum Gasteiger partial charge on any atom is -0.480 e. The van der Waals surface area contributed by atoms with E-state index >= 15 is 0 Å². The average molecular weight is 331 g/mol. The van der Waals surface area contributed by atoms with Crippen molar-refractivity contribution in [2.24, 2.45) is 0 Å². The zero-order valence-corrected chi connectivity index (χ0v) is 13.3. The van der Waals surface area contributed by atoms with E-state index in [0.29, 0.717) is 24.2 Å². The van der Waals surface area contributed by atoms with E-state index in [4.69, 9.17) is 0 Å². The fourth-order valence-electron chi connectivity index (χ4n) is 3.07. The number of halogens is 1. The van der Waals surface area contributed by atoms with Crippen molar-refractivity contribution in [3.05, 3.63) is 47.5 Å². The molecule has 1 fully saturated rings. The number of likely N-dealkylation sites (tertiary alicyclic amines) is 1. The molecule has 1 atom stereocenters. The number of carbonyl (C=O) groups excluding carboxylic acids is 1. The van der Waals surface area contributed by atoms with Gasteiger partial charge >= 0.3 is 5.97 Å². The maximum absolute atomic E-state index is 14.0. The van der Waals surface area contributed by atoms with Crippen LogP contribution in [0.1, 0.15) is 35.3 Å². The van der Waals surface area contributed by atoms with Gasteiger partial charge in [-0.1, -0.05) is 12.1 Å². The summed E-state index contributed by atoms with van der Waals surface area (Å²) in [6.45, 7) is 2.08. The largest absolute Gasteiger partial charge is 0.480 e. The Morgan fingerprint density at radius 1 is 1.29 bits per heavy atom. The Labute approximate surface area is 138 Å². The van der Waals surface area contributed by atoms with Gasteiger partial charge in [0.1, 0.15) is 17.5 Å². The molecule has 0 unspecified atom stereocenters. The van der Waals surface area contributed by atoms with Crippen LogP contribution in [0.2, 0.25) is 0 Å². The van der Waals surface area contributed by atoms with E-state index in [1.54, 1.807) is 25.1 Å². The van der Waals surface area contributed by atoms with Crippen LogP contribution < -0.4 is 0 Å². The van der Waals surface area contributed by atoms with E-state index in [9.17, 15) is 19.1 Å². The molecule has 2 heterocycles. The smallest absolute Gasteiger partial charge is 0.326 e. The maximum Gasteiger partial charge on any atom is 0.326 e. The highest BCUT2D eigenvalue weighted by Crippen LogP contribution is 2.23. The molecule has 126 valence electrons. The molecule has 1 N–H and O–H groups in total. The standard InChI is InChI=1S/C17H18FN3O3/c1-11-12(10-19-21(11)14-7-3-2-6-13(14)18)16(22)20-9-5-4-8-15(20)17(23)24/h2-3,6-7,10,15H,4-5,8-9H2,1H3,(H,23,24)/t15-/m0/s1. The minimum atomic E-state index is -0.998. The second kappa shape index (κ2) is 6.43. The van der Waals surface area contributed by atoms with Crippen LogP contribution in [-0.4, -0.2) is 44.3 Å². The van der Waals surface area contributed by atoms with E-state index in [2.05, 4.69) is 5.10 Å². The van der Waals surface area contributed by atoms with Crippen molar-refractivity contribution >= 4 is 11.9 Å². The highest BCUT2D eigenvalue weighted by atomic mass is 19.1. The van der Waals surface area contributed by atoms with Crippen molar-refractivity contribution in [2.45, 2.75) is 32.2 Å². The van der Waals surface area contributed by atoms with Gasteiger partial charge in [-0.2, -0.15) is 5.10 Å². The molecule has 24 heavy (non-hydrogen) atoms. The van der Waals surface area contributed by atoms with E-state index in [1.165, 1.54) is 21.8 Å². The number of para-hydroxylation sites is 1. The molecule has 0 spiro atoms. The summed E-state index contributed by atoms with van der Waals surface area (Å²) in [7, 11) is 0. The van der Waals surface area contributed by atoms with Crippen LogP contribution in [-0.2, 0) is 4.79 Å². The highest BCUT2D eigenvalue weighted by Gasteiger charge is 2.33. The van der Waals surface area contributed by atoms with Crippen molar-refractivity contribution in [3.63, 3.8) is 0 Å². The number of benzene rings is 1. The lowest BCUT2D eigenvalue weighted by Gasteiger charge is -2.32. The summed E-state index contributed by atoms with van der Waals surface area (Å²) in [6.07, 6.45) is 3.38. The molecular formula is C17H18FN3O3. The Hall–Kier alpha value is -2.70. The predicted molar refractivity (Wildman–Crippen MR) is 84.6 cm³/mol. The minimum absolute atomic E-state index is 0.252. The van der Waals surface area contributed by atoms with Crippen LogP contribution in [0.4, 0.5) is 4.39 Å². The van der Waals surface area contributed by atoms with Crippen molar-refractivity contribution in [2.75, 3.05) is 6.54 Å². The van der Waals surface area contributed by atoms with Gasteiger partial charge in [-0.25, -0.2) is 13.9 Å². The Morgan fingerprint density at radius 3 is 2.75 bits per heavy atom. The topological polar surface area (TPSA) is 75.4 Å². The number of aromatic nitrogens is 2. The number of carboxylic acids is 1. The van der Waals surface area contributed by atoms with Crippen molar-refractivity contribution in [1.29, 1.82) is 0 Å². The summed E-state index contributed by atoms with van der Waals surface area (Å²) >= 11 is 0. The molecule has 1 aromatic carbocycles. The number of rotatable bonds is 3. The molecule has 0 radical (unpaired) electrons. The van der Waals surface area contributed by atoms with Crippen LogP contribution in [0.3, 0.4) is 0 Å². The van der Waals surface area contributed by atoms with Gasteiger partial charge in [0.25, 0.3) is 5.91 Å². The molecule has 1 saturated heterocycles. The number of carboxylic acid groups (broad SMARTS) is 1. The number of hydrogen-bond donors (Lipinski definition) is 1. The van der Waals surface area contributed by atoms with Gasteiger partial charge in [-0.05, 0) is 38.3 Å². The van der Waals surface area contributed by atoms with Gasteiger partial charge in [0.05, 0.1) is 17.5 Å². The normalized spacial score (nSPS) is 17.8. The molecule has 0 bridgehead atoms. The lowest BCUT2D eigenvalue weighted by atomic mass is 10.0. The molecule has 1 aliphatic rings. The van der Waals surface area contributed by atoms with Crippen LogP contribution >= 0.6 is 0 Å². The van der Waals surface area contributed by atoms with Gasteiger partial charge < -0.3 is 10.0 Å². The first-order valence-electron chi connectivity index (χ1n) is 7.84.